The van der Waals surface area contributed by atoms with Crippen molar-refractivity contribution in [3.05, 3.63) is 70.8 Å². The lowest BCUT2D eigenvalue weighted by molar-refractivity contribution is 0.0654. The number of carbonyl (C=O) groups is 1. The number of amides is 1. The molecule has 1 fully saturated rings. The Balaban J connectivity index is 0.00000240. The van der Waals surface area contributed by atoms with Crippen LogP contribution in [0, 0.1) is 17.6 Å². The van der Waals surface area contributed by atoms with Gasteiger partial charge in [0.2, 0.25) is 0 Å². The predicted octanol–water partition coefficient (Wildman–Crippen LogP) is 3.79. The molecule has 0 saturated carbocycles. The van der Waals surface area contributed by atoms with Crippen LogP contribution in [0.5, 0.6) is 0 Å². The van der Waals surface area contributed by atoms with Crippen molar-refractivity contribution in [2.75, 3.05) is 26.2 Å². The minimum atomic E-state index is -0.637. The molecule has 1 saturated heterocycles. The largest absolute Gasteiger partial charge is 0.387 e. The maximum absolute atomic E-state index is 13.4. The average molecular weight is 423 g/mol. The van der Waals surface area contributed by atoms with Crippen LogP contribution in [0.15, 0.2) is 42.5 Å². The van der Waals surface area contributed by atoms with Gasteiger partial charge in [-0.25, -0.2) is 8.78 Å². The molecule has 1 atom stereocenters. The van der Waals surface area contributed by atoms with Gasteiger partial charge in [-0.05, 0) is 73.3 Å². The molecule has 2 heterocycles. The number of rotatable bonds is 5. The number of aliphatic hydroxyl groups is 1. The SMILES string of the molecule is Cl.O=C1c2ccc(F)cc2CN1CC1CCN(CC(O)c2ccc(F)cc2)CC1. The molecule has 2 aromatic rings. The second-order valence-corrected chi connectivity index (χ2v) is 7.80. The third-order valence-corrected chi connectivity index (χ3v) is 5.82. The molecule has 2 aliphatic heterocycles. The van der Waals surface area contributed by atoms with Gasteiger partial charge < -0.3 is 14.9 Å². The van der Waals surface area contributed by atoms with E-state index < -0.39 is 6.10 Å². The van der Waals surface area contributed by atoms with Crippen LogP contribution in [0.4, 0.5) is 8.78 Å². The Labute approximate surface area is 175 Å². The molecule has 7 heteroatoms. The maximum Gasteiger partial charge on any atom is 0.254 e. The fraction of sp³-hybridized carbons (Fsp3) is 0.409. The highest BCUT2D eigenvalue weighted by atomic mass is 35.5. The summed E-state index contributed by atoms with van der Waals surface area (Å²) in [5, 5.41) is 10.4. The molecule has 0 bridgehead atoms. The first-order valence-electron chi connectivity index (χ1n) is 9.73. The molecule has 2 aromatic carbocycles. The van der Waals surface area contributed by atoms with Gasteiger partial charge in [0.25, 0.3) is 5.91 Å². The van der Waals surface area contributed by atoms with Crippen molar-refractivity contribution in [3.8, 4) is 0 Å². The van der Waals surface area contributed by atoms with Crippen molar-refractivity contribution in [1.29, 1.82) is 0 Å². The van der Waals surface area contributed by atoms with E-state index in [1.54, 1.807) is 18.2 Å². The quantitative estimate of drug-likeness (QED) is 0.797. The van der Waals surface area contributed by atoms with Crippen LogP contribution in [0.2, 0.25) is 0 Å². The Hall–Kier alpha value is -2.02. The van der Waals surface area contributed by atoms with E-state index in [2.05, 4.69) is 4.90 Å². The van der Waals surface area contributed by atoms with Crippen LogP contribution in [-0.4, -0.2) is 47.0 Å². The van der Waals surface area contributed by atoms with Gasteiger partial charge in [-0.15, -0.1) is 12.4 Å². The predicted molar refractivity (Wildman–Crippen MR) is 109 cm³/mol. The van der Waals surface area contributed by atoms with Gasteiger partial charge in [0.1, 0.15) is 11.6 Å². The molecule has 156 valence electrons. The Kier molecular flexibility index (Phi) is 6.88. The van der Waals surface area contributed by atoms with Crippen molar-refractivity contribution < 1.29 is 18.7 Å². The molecular weight excluding hydrogens is 398 g/mol. The Morgan fingerprint density at radius 1 is 1.03 bits per heavy atom. The summed E-state index contributed by atoms with van der Waals surface area (Å²) in [4.78, 5) is 16.5. The zero-order chi connectivity index (χ0) is 19.7. The third-order valence-electron chi connectivity index (χ3n) is 5.82. The van der Waals surface area contributed by atoms with E-state index in [0.717, 1.165) is 37.1 Å². The molecule has 0 radical (unpaired) electrons. The Morgan fingerprint density at radius 2 is 1.69 bits per heavy atom. The zero-order valence-electron chi connectivity index (χ0n) is 16.1. The smallest absolute Gasteiger partial charge is 0.254 e. The molecule has 4 rings (SSSR count). The molecular formula is C22H25ClF2N2O2. The number of hydrogen-bond donors (Lipinski definition) is 1. The maximum atomic E-state index is 13.4. The number of benzene rings is 2. The van der Waals surface area contributed by atoms with Crippen LogP contribution in [0.3, 0.4) is 0 Å². The molecule has 0 aromatic heterocycles. The molecule has 4 nitrogen and oxygen atoms in total. The summed E-state index contributed by atoms with van der Waals surface area (Å²) in [5.41, 5.74) is 2.10. The van der Waals surface area contributed by atoms with E-state index in [4.69, 9.17) is 0 Å². The van der Waals surface area contributed by atoms with Crippen molar-refractivity contribution in [2.24, 2.45) is 5.92 Å². The fourth-order valence-corrected chi connectivity index (χ4v) is 4.20. The molecule has 29 heavy (non-hydrogen) atoms. The summed E-state index contributed by atoms with van der Waals surface area (Å²) < 4.78 is 26.4. The van der Waals surface area contributed by atoms with Gasteiger partial charge >= 0.3 is 0 Å². The number of halogens is 3. The summed E-state index contributed by atoms with van der Waals surface area (Å²) in [7, 11) is 0. The number of β-amino-alcohol motifs (C(OH)–C–C–N with tert-alkyl or cyclic N) is 1. The third kappa shape index (κ3) is 4.94. The van der Waals surface area contributed by atoms with E-state index in [-0.39, 0.29) is 29.9 Å². The van der Waals surface area contributed by atoms with Crippen molar-refractivity contribution in [3.63, 3.8) is 0 Å². The molecule has 0 aliphatic carbocycles. The lowest BCUT2D eigenvalue weighted by atomic mass is 9.95. The van der Waals surface area contributed by atoms with Crippen LogP contribution in [0.1, 0.15) is 40.4 Å². The molecule has 1 amide bonds. The monoisotopic (exact) mass is 422 g/mol. The summed E-state index contributed by atoms with van der Waals surface area (Å²) >= 11 is 0. The number of aliphatic hydroxyl groups excluding tert-OH is 1. The first kappa shape index (κ1) is 21.7. The van der Waals surface area contributed by atoms with E-state index >= 15 is 0 Å². The van der Waals surface area contributed by atoms with Gasteiger partial charge in [-0.3, -0.25) is 4.79 Å². The first-order chi connectivity index (χ1) is 13.5. The molecule has 2 aliphatic rings. The molecule has 1 N–H and O–H groups in total. The zero-order valence-corrected chi connectivity index (χ0v) is 16.9. The number of nitrogens with zero attached hydrogens (tertiary/aromatic N) is 2. The second kappa shape index (κ2) is 9.20. The number of carbonyl (C=O) groups excluding carboxylic acids is 1. The summed E-state index contributed by atoms with van der Waals surface area (Å²) in [6, 6.07) is 10.3. The van der Waals surface area contributed by atoms with E-state index in [1.165, 1.54) is 24.3 Å². The van der Waals surface area contributed by atoms with Crippen molar-refractivity contribution in [1.82, 2.24) is 9.80 Å². The van der Waals surface area contributed by atoms with Crippen LogP contribution in [0.25, 0.3) is 0 Å². The van der Waals surface area contributed by atoms with Crippen molar-refractivity contribution >= 4 is 18.3 Å². The first-order valence-corrected chi connectivity index (χ1v) is 9.73. The number of hydrogen-bond acceptors (Lipinski definition) is 3. The van der Waals surface area contributed by atoms with Gasteiger partial charge in [0.05, 0.1) is 6.10 Å². The fourth-order valence-electron chi connectivity index (χ4n) is 4.20. The number of piperidine rings is 1. The Morgan fingerprint density at radius 3 is 2.38 bits per heavy atom. The lowest BCUT2D eigenvalue weighted by Crippen LogP contribution is -2.40. The number of fused-ring (bicyclic) bond motifs is 1. The van der Waals surface area contributed by atoms with Gasteiger partial charge in [-0.2, -0.15) is 0 Å². The summed E-state index contributed by atoms with van der Waals surface area (Å²) in [5.74, 6) is -0.217. The van der Waals surface area contributed by atoms with Gasteiger partial charge in [-0.1, -0.05) is 12.1 Å². The normalized spacial score (nSPS) is 18.4. The average Bonchev–Trinajstić information content (AvgIpc) is 2.98. The van der Waals surface area contributed by atoms with Crippen molar-refractivity contribution in [2.45, 2.75) is 25.5 Å². The van der Waals surface area contributed by atoms with Crippen LogP contribution >= 0.6 is 12.4 Å². The Bertz CT molecular complexity index is 854. The van der Waals surface area contributed by atoms with E-state index in [1.807, 2.05) is 4.90 Å². The van der Waals surface area contributed by atoms with Gasteiger partial charge in [0, 0.05) is 25.2 Å². The topological polar surface area (TPSA) is 43.8 Å². The van der Waals surface area contributed by atoms with E-state index in [9.17, 15) is 18.7 Å². The summed E-state index contributed by atoms with van der Waals surface area (Å²) in [6.45, 7) is 3.39. The van der Waals surface area contributed by atoms with Gasteiger partial charge in [0.15, 0.2) is 0 Å². The van der Waals surface area contributed by atoms with Crippen LogP contribution < -0.4 is 0 Å². The minimum absolute atomic E-state index is 0. The highest BCUT2D eigenvalue weighted by molar-refractivity contribution is 5.98. The highest BCUT2D eigenvalue weighted by Crippen LogP contribution is 2.27. The molecule has 0 spiro atoms. The highest BCUT2D eigenvalue weighted by Gasteiger charge is 2.31. The summed E-state index contributed by atoms with van der Waals surface area (Å²) in [6.07, 6.45) is 1.26. The molecule has 1 unspecified atom stereocenters. The standard InChI is InChI=1S/C22H24F2N2O2.ClH/c23-18-3-1-16(2-4-18)21(27)14-25-9-7-15(8-10-25)12-26-13-17-11-19(24)5-6-20(17)22(26)28;/h1-6,11,15,21,27H,7-10,12-14H2;1H. The van der Waals surface area contributed by atoms with E-state index in [0.29, 0.717) is 31.1 Å². The van der Waals surface area contributed by atoms with Crippen LogP contribution in [-0.2, 0) is 6.54 Å². The minimum Gasteiger partial charge on any atom is -0.387 e. The lowest BCUT2D eigenvalue weighted by Gasteiger charge is -2.34. The number of likely N-dealkylation sites (tertiary alicyclic amines) is 1. The second-order valence-electron chi connectivity index (χ2n) is 7.80.